The van der Waals surface area contributed by atoms with Gasteiger partial charge in [-0.05, 0) is 31.9 Å². The van der Waals surface area contributed by atoms with Gasteiger partial charge in [-0.2, -0.15) is 4.98 Å². The average molecular weight is 320 g/mol. The highest BCUT2D eigenvalue weighted by Crippen LogP contribution is 2.21. The van der Waals surface area contributed by atoms with E-state index >= 15 is 0 Å². The molecule has 1 saturated heterocycles. The van der Waals surface area contributed by atoms with E-state index in [1.807, 2.05) is 24.0 Å². The molecular weight excluding hydrogens is 302 g/mol. The molecule has 5 nitrogen and oxygen atoms in total. The lowest BCUT2D eigenvalue weighted by molar-refractivity contribution is -0.135. The van der Waals surface area contributed by atoms with Crippen molar-refractivity contribution in [3.05, 3.63) is 35.2 Å². The first-order valence-electron chi connectivity index (χ1n) is 7.51. The fraction of sp³-hybridized carbons (Fsp3) is 0.438. The summed E-state index contributed by atoms with van der Waals surface area (Å²) >= 11 is 5.97. The normalized spacial score (nSPS) is 16.8. The van der Waals surface area contributed by atoms with Crippen LogP contribution in [0, 0.1) is 0 Å². The van der Waals surface area contributed by atoms with Crippen LogP contribution in [0.1, 0.15) is 32.1 Å². The number of piperidine rings is 1. The van der Waals surface area contributed by atoms with Gasteiger partial charge in [0, 0.05) is 36.0 Å². The first-order chi connectivity index (χ1) is 10.6. The van der Waals surface area contributed by atoms with Gasteiger partial charge in [-0.25, -0.2) is 0 Å². The van der Waals surface area contributed by atoms with Crippen molar-refractivity contribution in [2.75, 3.05) is 6.54 Å². The molecule has 1 aliphatic rings. The molecule has 0 saturated carbocycles. The Hall–Kier alpha value is -1.88. The Morgan fingerprint density at radius 1 is 1.41 bits per heavy atom. The van der Waals surface area contributed by atoms with Crippen LogP contribution in [0.25, 0.3) is 11.4 Å². The first-order valence-corrected chi connectivity index (χ1v) is 7.89. The molecule has 116 valence electrons. The standard InChI is InChI=1S/C16H18ClN3O2/c1-11(20-8-3-2-7-15(20)21)9-14-18-16(19-22-14)12-5-4-6-13(17)10-12/h4-6,10-11H,2-3,7-9H2,1H3. The van der Waals surface area contributed by atoms with Crippen LogP contribution in [-0.4, -0.2) is 33.5 Å². The number of carbonyl (C=O) groups excluding carboxylic acids is 1. The summed E-state index contributed by atoms with van der Waals surface area (Å²) < 4.78 is 5.31. The number of hydrogen-bond donors (Lipinski definition) is 0. The summed E-state index contributed by atoms with van der Waals surface area (Å²) in [7, 11) is 0. The summed E-state index contributed by atoms with van der Waals surface area (Å²) in [4.78, 5) is 18.3. The number of likely N-dealkylation sites (tertiary alicyclic amines) is 1. The smallest absolute Gasteiger partial charge is 0.229 e. The molecule has 2 heterocycles. The van der Waals surface area contributed by atoms with E-state index in [4.69, 9.17) is 16.1 Å². The van der Waals surface area contributed by atoms with Crippen molar-refractivity contribution in [3.63, 3.8) is 0 Å². The summed E-state index contributed by atoms with van der Waals surface area (Å²) in [6, 6.07) is 7.41. The lowest BCUT2D eigenvalue weighted by Gasteiger charge is -2.31. The first kappa shape index (κ1) is 15.0. The van der Waals surface area contributed by atoms with E-state index in [9.17, 15) is 4.79 Å². The zero-order chi connectivity index (χ0) is 15.5. The molecule has 1 fully saturated rings. The van der Waals surface area contributed by atoms with Gasteiger partial charge in [0.1, 0.15) is 0 Å². The van der Waals surface area contributed by atoms with Crippen LogP contribution in [0.15, 0.2) is 28.8 Å². The minimum atomic E-state index is 0.0699. The number of carbonyl (C=O) groups is 1. The van der Waals surface area contributed by atoms with Crippen molar-refractivity contribution in [1.82, 2.24) is 15.0 Å². The predicted molar refractivity (Wildman–Crippen MR) is 83.5 cm³/mol. The van der Waals surface area contributed by atoms with Gasteiger partial charge in [0.25, 0.3) is 0 Å². The third-order valence-electron chi connectivity index (χ3n) is 3.91. The minimum absolute atomic E-state index is 0.0699. The molecule has 6 heteroatoms. The van der Waals surface area contributed by atoms with Gasteiger partial charge in [0.2, 0.25) is 17.6 Å². The van der Waals surface area contributed by atoms with Crippen molar-refractivity contribution in [2.45, 2.75) is 38.6 Å². The maximum Gasteiger partial charge on any atom is 0.229 e. The number of rotatable bonds is 4. The molecule has 1 unspecified atom stereocenters. The summed E-state index contributed by atoms with van der Waals surface area (Å²) in [5.74, 6) is 1.28. The fourth-order valence-electron chi connectivity index (χ4n) is 2.74. The average Bonchev–Trinajstić information content (AvgIpc) is 2.96. The van der Waals surface area contributed by atoms with Crippen LogP contribution in [0.4, 0.5) is 0 Å². The second-order valence-electron chi connectivity index (χ2n) is 5.62. The minimum Gasteiger partial charge on any atom is -0.339 e. The number of nitrogens with zero attached hydrogens (tertiary/aromatic N) is 3. The lowest BCUT2D eigenvalue weighted by atomic mass is 10.1. The Morgan fingerprint density at radius 3 is 3.05 bits per heavy atom. The van der Waals surface area contributed by atoms with Gasteiger partial charge < -0.3 is 9.42 Å². The quantitative estimate of drug-likeness (QED) is 0.867. The molecule has 1 atom stereocenters. The summed E-state index contributed by atoms with van der Waals surface area (Å²) in [6.07, 6.45) is 3.26. The summed E-state index contributed by atoms with van der Waals surface area (Å²) in [6.45, 7) is 2.84. The van der Waals surface area contributed by atoms with Crippen LogP contribution >= 0.6 is 11.6 Å². The van der Waals surface area contributed by atoms with E-state index in [2.05, 4.69) is 10.1 Å². The molecule has 3 rings (SSSR count). The van der Waals surface area contributed by atoms with Crippen molar-refractivity contribution in [3.8, 4) is 11.4 Å². The van der Waals surface area contributed by atoms with E-state index in [1.54, 1.807) is 12.1 Å². The molecule has 22 heavy (non-hydrogen) atoms. The van der Waals surface area contributed by atoms with Crippen LogP contribution < -0.4 is 0 Å². The predicted octanol–water partition coefficient (Wildman–Crippen LogP) is 3.33. The monoisotopic (exact) mass is 319 g/mol. The summed E-state index contributed by atoms with van der Waals surface area (Å²) in [5, 5.41) is 4.63. The third kappa shape index (κ3) is 3.30. The highest BCUT2D eigenvalue weighted by Gasteiger charge is 2.24. The Bertz CT molecular complexity index is 671. The third-order valence-corrected chi connectivity index (χ3v) is 4.15. The van der Waals surface area contributed by atoms with Gasteiger partial charge in [0.15, 0.2) is 0 Å². The number of aromatic nitrogens is 2. The van der Waals surface area contributed by atoms with Gasteiger partial charge in [-0.1, -0.05) is 28.9 Å². The van der Waals surface area contributed by atoms with E-state index in [1.165, 1.54) is 0 Å². The molecule has 0 aliphatic carbocycles. The van der Waals surface area contributed by atoms with E-state index in [-0.39, 0.29) is 11.9 Å². The zero-order valence-electron chi connectivity index (χ0n) is 12.5. The fourth-order valence-corrected chi connectivity index (χ4v) is 2.93. The second kappa shape index (κ2) is 6.48. The number of hydrogen-bond acceptors (Lipinski definition) is 4. The number of halogens is 1. The highest BCUT2D eigenvalue weighted by molar-refractivity contribution is 6.30. The molecule has 0 bridgehead atoms. The zero-order valence-corrected chi connectivity index (χ0v) is 13.2. The molecule has 0 spiro atoms. The number of benzene rings is 1. The van der Waals surface area contributed by atoms with E-state index in [0.717, 1.165) is 24.9 Å². The highest BCUT2D eigenvalue weighted by atomic mass is 35.5. The number of amides is 1. The van der Waals surface area contributed by atoms with Crippen LogP contribution in [0.2, 0.25) is 5.02 Å². The molecule has 0 N–H and O–H groups in total. The molecule has 1 aromatic heterocycles. The van der Waals surface area contributed by atoms with Crippen LogP contribution in [-0.2, 0) is 11.2 Å². The second-order valence-corrected chi connectivity index (χ2v) is 6.06. The Kier molecular flexibility index (Phi) is 4.43. The topological polar surface area (TPSA) is 59.2 Å². The van der Waals surface area contributed by atoms with E-state index < -0.39 is 0 Å². The van der Waals surface area contributed by atoms with Gasteiger partial charge in [0.05, 0.1) is 0 Å². The lowest BCUT2D eigenvalue weighted by Crippen LogP contribution is -2.42. The molecule has 1 aliphatic heterocycles. The maximum atomic E-state index is 11.9. The largest absolute Gasteiger partial charge is 0.339 e. The van der Waals surface area contributed by atoms with Gasteiger partial charge >= 0.3 is 0 Å². The molecule has 2 aromatic rings. The van der Waals surface area contributed by atoms with Crippen molar-refractivity contribution in [1.29, 1.82) is 0 Å². The molecule has 1 amide bonds. The van der Waals surface area contributed by atoms with Crippen molar-refractivity contribution < 1.29 is 9.32 Å². The van der Waals surface area contributed by atoms with Crippen LogP contribution in [0.5, 0.6) is 0 Å². The van der Waals surface area contributed by atoms with Crippen molar-refractivity contribution in [2.24, 2.45) is 0 Å². The molecule has 1 aromatic carbocycles. The maximum absolute atomic E-state index is 11.9. The summed E-state index contributed by atoms with van der Waals surface area (Å²) in [5.41, 5.74) is 0.823. The van der Waals surface area contributed by atoms with Crippen molar-refractivity contribution >= 4 is 17.5 Å². The SMILES string of the molecule is CC(Cc1nc(-c2cccc(Cl)c2)no1)N1CCCCC1=O. The molecule has 0 radical (unpaired) electrons. The van der Waals surface area contributed by atoms with Crippen LogP contribution in [0.3, 0.4) is 0 Å². The van der Waals surface area contributed by atoms with E-state index in [0.29, 0.717) is 29.6 Å². The molecular formula is C16H18ClN3O2. The van der Waals surface area contributed by atoms with Gasteiger partial charge in [-0.3, -0.25) is 4.79 Å². The Morgan fingerprint density at radius 2 is 2.27 bits per heavy atom. The Labute approximate surface area is 134 Å². The Balaban J connectivity index is 1.70. The van der Waals surface area contributed by atoms with Gasteiger partial charge in [-0.15, -0.1) is 0 Å².